The number of methoxy groups -OCH3 is 1. The van der Waals surface area contributed by atoms with Gasteiger partial charge in [-0.15, -0.1) is 0 Å². The zero-order chi connectivity index (χ0) is 15.4. The van der Waals surface area contributed by atoms with Gasteiger partial charge in [0.2, 0.25) is 0 Å². The third-order valence-electron chi connectivity index (χ3n) is 2.62. The Morgan fingerprint density at radius 3 is 3.00 bits per heavy atom. The van der Waals surface area contributed by atoms with Crippen molar-refractivity contribution >= 4 is 40.2 Å². The Kier molecular flexibility index (Phi) is 4.53. The largest absolute Gasteiger partial charge is 0.503 e. The molecule has 0 aromatic heterocycles. The van der Waals surface area contributed by atoms with E-state index in [0.29, 0.717) is 10.0 Å². The molecule has 1 aliphatic heterocycles. The monoisotopic (exact) mass is 354 g/mol. The third-order valence-corrected chi connectivity index (χ3v) is 3.23. The van der Waals surface area contributed by atoms with Gasteiger partial charge in [-0.1, -0.05) is 0 Å². The molecule has 1 heterocycles. The summed E-state index contributed by atoms with van der Waals surface area (Å²) < 4.78 is 5.42. The van der Waals surface area contributed by atoms with E-state index in [0.717, 1.165) is 0 Å². The van der Waals surface area contributed by atoms with Crippen molar-refractivity contribution in [3.05, 3.63) is 22.2 Å². The van der Waals surface area contributed by atoms with Crippen molar-refractivity contribution < 1.29 is 19.4 Å². The molecule has 21 heavy (non-hydrogen) atoms. The van der Waals surface area contributed by atoms with Crippen LogP contribution in [0.15, 0.2) is 26.8 Å². The highest BCUT2D eigenvalue weighted by atomic mass is 79.9. The van der Waals surface area contributed by atoms with Crippen LogP contribution in [0.2, 0.25) is 0 Å². The number of carbonyl (C=O) groups is 2. The quantitative estimate of drug-likeness (QED) is 0.411. The van der Waals surface area contributed by atoms with Gasteiger partial charge < -0.3 is 9.84 Å². The van der Waals surface area contributed by atoms with E-state index in [2.05, 4.69) is 37.0 Å². The second kappa shape index (κ2) is 6.35. The molecule has 0 fully saturated rings. The fourth-order valence-electron chi connectivity index (χ4n) is 1.56. The number of halogens is 1. The number of benzene rings is 1. The molecular formula is C12H11BrN4O4. The molecule has 9 heteroatoms. The van der Waals surface area contributed by atoms with Crippen LogP contribution < -0.4 is 15.6 Å². The van der Waals surface area contributed by atoms with Gasteiger partial charge >= 0.3 is 0 Å². The fraction of sp³-hybridized carbons (Fsp3) is 0.167. The van der Waals surface area contributed by atoms with Gasteiger partial charge in [-0.2, -0.15) is 10.2 Å². The lowest BCUT2D eigenvalue weighted by molar-refractivity contribution is -0.131. The number of amides is 2. The lowest BCUT2D eigenvalue weighted by atomic mass is 10.1. The van der Waals surface area contributed by atoms with Gasteiger partial charge in [0, 0.05) is 6.21 Å². The van der Waals surface area contributed by atoms with E-state index in [1.807, 2.05) is 0 Å². The van der Waals surface area contributed by atoms with Gasteiger partial charge in [-0.05, 0) is 33.6 Å². The molecule has 0 aliphatic carbocycles. The van der Waals surface area contributed by atoms with Crippen LogP contribution >= 0.6 is 15.9 Å². The first kappa shape index (κ1) is 15.0. The van der Waals surface area contributed by atoms with E-state index in [4.69, 9.17) is 4.74 Å². The van der Waals surface area contributed by atoms with Crippen LogP contribution in [0.4, 0.5) is 0 Å². The highest BCUT2D eigenvalue weighted by Crippen LogP contribution is 2.34. The summed E-state index contributed by atoms with van der Waals surface area (Å²) in [5.74, 6) is -1.84. The molecule has 0 saturated heterocycles. The molecule has 8 nitrogen and oxygen atoms in total. The summed E-state index contributed by atoms with van der Waals surface area (Å²) in [6.45, 7) is 0. The molecular weight excluding hydrogens is 344 g/mol. The average Bonchev–Trinajstić information content (AvgIpc) is 2.88. The summed E-state index contributed by atoms with van der Waals surface area (Å²) in [6.07, 6.45) is 2.56. The Hall–Kier alpha value is -2.42. The first-order valence-electron chi connectivity index (χ1n) is 5.75. The van der Waals surface area contributed by atoms with Crippen LogP contribution in [0, 0.1) is 5.92 Å². The maximum absolute atomic E-state index is 11.6. The highest BCUT2D eigenvalue weighted by molar-refractivity contribution is 9.10. The number of ether oxygens (including phenoxy) is 1. The summed E-state index contributed by atoms with van der Waals surface area (Å²) in [5.41, 5.74) is 4.97. The summed E-state index contributed by atoms with van der Waals surface area (Å²) in [5, 5.41) is 16.9. The van der Waals surface area contributed by atoms with Gasteiger partial charge in [-0.25, -0.2) is 10.9 Å². The minimum Gasteiger partial charge on any atom is -0.503 e. The van der Waals surface area contributed by atoms with Crippen molar-refractivity contribution in [1.82, 2.24) is 10.9 Å². The van der Waals surface area contributed by atoms with Crippen LogP contribution in [0.3, 0.4) is 0 Å². The predicted molar refractivity (Wildman–Crippen MR) is 78.2 cm³/mol. The Labute approximate surface area is 128 Å². The Morgan fingerprint density at radius 2 is 2.38 bits per heavy atom. The molecule has 1 aromatic carbocycles. The van der Waals surface area contributed by atoms with E-state index in [1.165, 1.54) is 19.5 Å². The zero-order valence-corrected chi connectivity index (χ0v) is 12.4. The molecule has 3 N–H and O–H groups in total. The van der Waals surface area contributed by atoms with Crippen molar-refractivity contribution in [3.8, 4) is 11.5 Å². The van der Waals surface area contributed by atoms with Crippen LogP contribution in [0.5, 0.6) is 11.5 Å². The number of rotatable bonds is 4. The molecule has 2 rings (SSSR count). The number of nitrogens with zero attached hydrogens (tertiary/aromatic N) is 2. The van der Waals surface area contributed by atoms with Crippen molar-refractivity contribution in [1.29, 1.82) is 0 Å². The molecule has 1 aromatic rings. The minimum absolute atomic E-state index is 0.0301. The normalized spacial score (nSPS) is 17.0. The maximum Gasteiger partial charge on any atom is 0.258 e. The molecule has 0 saturated carbocycles. The first-order valence-corrected chi connectivity index (χ1v) is 6.54. The Balaban J connectivity index is 2.05. The molecule has 0 bridgehead atoms. The number of phenols is 1. The van der Waals surface area contributed by atoms with Crippen molar-refractivity contribution in [2.75, 3.05) is 7.11 Å². The van der Waals surface area contributed by atoms with Gasteiger partial charge in [0.25, 0.3) is 11.8 Å². The lowest BCUT2D eigenvalue weighted by Crippen LogP contribution is -2.34. The average molecular weight is 355 g/mol. The van der Waals surface area contributed by atoms with Crippen LogP contribution in [-0.2, 0) is 9.59 Å². The van der Waals surface area contributed by atoms with E-state index in [9.17, 15) is 14.7 Å². The van der Waals surface area contributed by atoms with Crippen molar-refractivity contribution in [3.63, 3.8) is 0 Å². The second-order valence-corrected chi connectivity index (χ2v) is 4.87. The number of aromatic hydroxyl groups is 1. The summed E-state index contributed by atoms with van der Waals surface area (Å²) >= 11 is 3.17. The van der Waals surface area contributed by atoms with Gasteiger partial charge in [0.1, 0.15) is 0 Å². The number of hydrazone groups is 2. The molecule has 1 aliphatic rings. The van der Waals surface area contributed by atoms with E-state index < -0.39 is 17.7 Å². The first-order chi connectivity index (χ1) is 10.0. The standard InChI is InChI=1S/C12H11BrN4O4/c1-21-9-3-6(2-8(13)10(9)18)4-14-16-11(19)7-5-15-17-12(7)20/h2-5,7,18H,1H3,(H,16,19)(H,17,20)/b14-4+. The van der Waals surface area contributed by atoms with Crippen LogP contribution in [-0.4, -0.2) is 36.5 Å². The van der Waals surface area contributed by atoms with Crippen LogP contribution in [0.1, 0.15) is 5.56 Å². The topological polar surface area (TPSA) is 112 Å². The Bertz CT molecular complexity index is 644. The van der Waals surface area contributed by atoms with Crippen molar-refractivity contribution in [2.45, 2.75) is 0 Å². The second-order valence-electron chi connectivity index (χ2n) is 4.02. The summed E-state index contributed by atoms with van der Waals surface area (Å²) in [6, 6.07) is 3.14. The molecule has 1 unspecified atom stereocenters. The Morgan fingerprint density at radius 1 is 1.62 bits per heavy atom. The number of hydrogen-bond donors (Lipinski definition) is 3. The summed E-state index contributed by atoms with van der Waals surface area (Å²) in [7, 11) is 1.42. The number of carbonyl (C=O) groups excluding carboxylic acids is 2. The van der Waals surface area contributed by atoms with E-state index in [-0.39, 0.29) is 11.5 Å². The highest BCUT2D eigenvalue weighted by Gasteiger charge is 2.28. The van der Waals surface area contributed by atoms with Crippen molar-refractivity contribution in [2.24, 2.45) is 16.1 Å². The minimum atomic E-state index is -0.983. The smallest absolute Gasteiger partial charge is 0.258 e. The predicted octanol–water partition coefficient (Wildman–Crippen LogP) is 0.345. The van der Waals surface area contributed by atoms with Gasteiger partial charge in [0.05, 0.1) is 17.8 Å². The maximum atomic E-state index is 11.6. The third kappa shape index (κ3) is 3.37. The lowest BCUT2D eigenvalue weighted by Gasteiger charge is -2.06. The van der Waals surface area contributed by atoms with Crippen LogP contribution in [0.25, 0.3) is 0 Å². The number of phenolic OH excluding ortho intramolecular Hbond substituents is 1. The zero-order valence-electron chi connectivity index (χ0n) is 10.8. The fourth-order valence-corrected chi connectivity index (χ4v) is 2.02. The summed E-state index contributed by atoms with van der Waals surface area (Å²) in [4.78, 5) is 22.9. The molecule has 2 amide bonds. The number of nitrogens with one attached hydrogen (secondary N) is 2. The molecule has 1 atom stereocenters. The SMILES string of the molecule is COc1cc(/C=N/NC(=O)C2C=NNC2=O)cc(Br)c1O. The van der Waals surface area contributed by atoms with Gasteiger partial charge in [0.15, 0.2) is 17.4 Å². The van der Waals surface area contributed by atoms with Gasteiger partial charge in [-0.3, -0.25) is 9.59 Å². The molecule has 110 valence electrons. The van der Waals surface area contributed by atoms with E-state index >= 15 is 0 Å². The van der Waals surface area contributed by atoms with E-state index in [1.54, 1.807) is 12.1 Å². The molecule has 0 radical (unpaired) electrons. The molecule has 0 spiro atoms. The number of hydrogen-bond acceptors (Lipinski definition) is 6.